The van der Waals surface area contributed by atoms with Crippen LogP contribution in [0, 0.1) is 11.6 Å². The lowest BCUT2D eigenvalue weighted by atomic mass is 9.75. The monoisotopic (exact) mass is 289 g/mol. The van der Waals surface area contributed by atoms with Crippen LogP contribution in [0.4, 0.5) is 14.5 Å². The minimum atomic E-state index is -0.819. The fourth-order valence-corrected chi connectivity index (χ4v) is 2.81. The number of nitrogens with one attached hydrogen (secondary N) is 1. The second kappa shape index (κ2) is 5.72. The van der Waals surface area contributed by atoms with E-state index in [0.29, 0.717) is 11.6 Å². The Hall–Kier alpha value is -2.10. The summed E-state index contributed by atoms with van der Waals surface area (Å²) in [5.41, 5.74) is 1.83. The molecule has 0 radical (unpaired) electrons. The van der Waals surface area contributed by atoms with Crippen LogP contribution in [0.3, 0.4) is 0 Å². The maximum atomic E-state index is 13.2. The predicted molar refractivity (Wildman–Crippen MR) is 78.7 cm³/mol. The van der Waals surface area contributed by atoms with Crippen LogP contribution in [0.15, 0.2) is 42.5 Å². The highest BCUT2D eigenvalue weighted by Gasteiger charge is 2.32. The van der Waals surface area contributed by atoms with Crippen LogP contribution < -0.4 is 10.1 Å². The Balaban J connectivity index is 1.62. The molecule has 0 atom stereocenters. The van der Waals surface area contributed by atoms with Gasteiger partial charge in [0.1, 0.15) is 5.75 Å². The van der Waals surface area contributed by atoms with Crippen molar-refractivity contribution in [3.8, 4) is 5.75 Å². The summed E-state index contributed by atoms with van der Waals surface area (Å²) in [5.74, 6) is -0.278. The van der Waals surface area contributed by atoms with Crippen LogP contribution >= 0.6 is 0 Å². The molecule has 0 saturated heterocycles. The molecule has 21 heavy (non-hydrogen) atoms. The van der Waals surface area contributed by atoms with E-state index in [1.807, 2.05) is 18.2 Å². The number of ether oxygens (including phenoxy) is 1. The Morgan fingerprint density at radius 2 is 1.81 bits per heavy atom. The lowest BCUT2D eigenvalue weighted by molar-refractivity contribution is 0.349. The molecule has 1 N–H and O–H groups in total. The second-order valence-electron chi connectivity index (χ2n) is 5.38. The van der Waals surface area contributed by atoms with E-state index in [1.54, 1.807) is 13.2 Å². The number of rotatable bonds is 4. The molecule has 110 valence electrons. The average molecular weight is 289 g/mol. The Labute approximate surface area is 122 Å². The molecule has 1 aliphatic carbocycles. The molecule has 0 unspecified atom stereocenters. The highest BCUT2D eigenvalue weighted by Crippen LogP contribution is 2.42. The largest absolute Gasteiger partial charge is 0.496 e. The third-order valence-corrected chi connectivity index (χ3v) is 4.01. The average Bonchev–Trinajstić information content (AvgIpc) is 2.46. The highest BCUT2D eigenvalue weighted by molar-refractivity contribution is 5.46. The van der Waals surface area contributed by atoms with Gasteiger partial charge in [0.05, 0.1) is 7.11 Å². The van der Waals surface area contributed by atoms with Crippen LogP contribution in [0.25, 0.3) is 0 Å². The van der Waals surface area contributed by atoms with Gasteiger partial charge in [0, 0.05) is 17.8 Å². The van der Waals surface area contributed by atoms with Gasteiger partial charge in [-0.3, -0.25) is 0 Å². The first-order valence-corrected chi connectivity index (χ1v) is 7.02. The number of hydrogen-bond acceptors (Lipinski definition) is 2. The third-order valence-electron chi connectivity index (χ3n) is 4.01. The van der Waals surface area contributed by atoms with E-state index in [1.165, 1.54) is 11.6 Å². The fourth-order valence-electron chi connectivity index (χ4n) is 2.81. The molecule has 0 spiro atoms. The van der Waals surface area contributed by atoms with E-state index >= 15 is 0 Å². The number of halogens is 2. The minimum absolute atomic E-state index is 0.282. The quantitative estimate of drug-likeness (QED) is 0.904. The molecule has 0 heterocycles. The zero-order valence-electron chi connectivity index (χ0n) is 11.8. The fraction of sp³-hybridized carbons (Fsp3) is 0.294. The van der Waals surface area contributed by atoms with Gasteiger partial charge in [-0.2, -0.15) is 0 Å². The maximum Gasteiger partial charge on any atom is 0.160 e. The predicted octanol–water partition coefficient (Wildman–Crippen LogP) is 4.33. The molecule has 2 aromatic rings. The van der Waals surface area contributed by atoms with Gasteiger partial charge in [0.15, 0.2) is 11.6 Å². The van der Waals surface area contributed by atoms with Crippen molar-refractivity contribution < 1.29 is 13.5 Å². The van der Waals surface area contributed by atoms with Gasteiger partial charge in [-0.15, -0.1) is 0 Å². The van der Waals surface area contributed by atoms with Gasteiger partial charge in [0.2, 0.25) is 0 Å². The Bertz CT molecular complexity index is 638. The lowest BCUT2D eigenvalue weighted by Crippen LogP contribution is -2.34. The Kier molecular flexibility index (Phi) is 3.78. The molecule has 0 aliphatic heterocycles. The summed E-state index contributed by atoms with van der Waals surface area (Å²) >= 11 is 0. The molecule has 2 aromatic carbocycles. The molecular formula is C17H17F2NO. The van der Waals surface area contributed by atoms with Gasteiger partial charge in [-0.1, -0.05) is 18.2 Å². The number of anilines is 1. The van der Waals surface area contributed by atoms with Gasteiger partial charge in [-0.05, 0) is 42.5 Å². The van der Waals surface area contributed by atoms with Gasteiger partial charge in [-0.25, -0.2) is 8.78 Å². The summed E-state index contributed by atoms with van der Waals surface area (Å²) in [6.07, 6.45) is 1.92. The lowest BCUT2D eigenvalue weighted by Gasteiger charge is -2.37. The molecule has 0 bridgehead atoms. The molecular weight excluding hydrogens is 272 g/mol. The van der Waals surface area contributed by atoms with Crippen molar-refractivity contribution in [2.24, 2.45) is 0 Å². The van der Waals surface area contributed by atoms with Crippen molar-refractivity contribution >= 4 is 5.69 Å². The van der Waals surface area contributed by atoms with Crippen molar-refractivity contribution in [2.75, 3.05) is 12.4 Å². The molecule has 0 aromatic heterocycles. The highest BCUT2D eigenvalue weighted by atomic mass is 19.2. The topological polar surface area (TPSA) is 21.3 Å². The summed E-state index contributed by atoms with van der Waals surface area (Å²) < 4.78 is 31.4. The van der Waals surface area contributed by atoms with E-state index < -0.39 is 11.6 Å². The first-order chi connectivity index (χ1) is 10.2. The van der Waals surface area contributed by atoms with Gasteiger partial charge < -0.3 is 10.1 Å². The van der Waals surface area contributed by atoms with Gasteiger partial charge in [0.25, 0.3) is 0 Å². The number of benzene rings is 2. The van der Waals surface area contributed by atoms with E-state index in [-0.39, 0.29) is 6.04 Å². The third kappa shape index (κ3) is 2.84. The molecule has 4 heteroatoms. The van der Waals surface area contributed by atoms with Crippen LogP contribution in [-0.2, 0) is 0 Å². The molecule has 1 aliphatic rings. The zero-order valence-corrected chi connectivity index (χ0v) is 11.8. The SMILES string of the molecule is COc1ccccc1C1CC(Nc2ccc(F)c(F)c2)C1. The molecule has 1 fully saturated rings. The molecule has 3 rings (SSSR count). The maximum absolute atomic E-state index is 13.2. The van der Waals surface area contributed by atoms with Crippen LogP contribution in [0.1, 0.15) is 24.3 Å². The molecule has 1 saturated carbocycles. The number of hydrogen-bond donors (Lipinski definition) is 1. The van der Waals surface area contributed by atoms with Crippen molar-refractivity contribution in [2.45, 2.75) is 24.8 Å². The summed E-state index contributed by atoms with van der Waals surface area (Å²) in [6, 6.07) is 12.2. The van der Waals surface area contributed by atoms with Crippen molar-refractivity contribution in [1.29, 1.82) is 0 Å². The van der Waals surface area contributed by atoms with Crippen LogP contribution in [-0.4, -0.2) is 13.2 Å². The van der Waals surface area contributed by atoms with Gasteiger partial charge >= 0.3 is 0 Å². The first kappa shape index (κ1) is 13.9. The zero-order chi connectivity index (χ0) is 14.8. The van der Waals surface area contributed by atoms with Crippen LogP contribution in [0.2, 0.25) is 0 Å². The standard InChI is InChI=1S/C17H17F2NO/c1-21-17-5-3-2-4-14(17)11-8-13(9-11)20-12-6-7-15(18)16(19)10-12/h2-7,10-11,13,20H,8-9H2,1H3. The Morgan fingerprint density at radius 1 is 1.05 bits per heavy atom. The number of para-hydroxylation sites is 1. The van der Waals surface area contributed by atoms with Crippen molar-refractivity contribution in [3.05, 3.63) is 59.7 Å². The van der Waals surface area contributed by atoms with E-state index in [0.717, 1.165) is 24.7 Å². The summed E-state index contributed by atoms with van der Waals surface area (Å²) in [6.45, 7) is 0. The Morgan fingerprint density at radius 3 is 2.52 bits per heavy atom. The van der Waals surface area contributed by atoms with E-state index in [4.69, 9.17) is 4.74 Å². The molecule has 0 amide bonds. The molecule has 2 nitrogen and oxygen atoms in total. The van der Waals surface area contributed by atoms with E-state index in [2.05, 4.69) is 11.4 Å². The van der Waals surface area contributed by atoms with Crippen molar-refractivity contribution in [3.63, 3.8) is 0 Å². The normalized spacial score (nSPS) is 20.7. The number of methoxy groups -OCH3 is 1. The summed E-state index contributed by atoms with van der Waals surface area (Å²) in [4.78, 5) is 0. The summed E-state index contributed by atoms with van der Waals surface area (Å²) in [5, 5.41) is 3.24. The second-order valence-corrected chi connectivity index (χ2v) is 5.38. The first-order valence-electron chi connectivity index (χ1n) is 7.02. The van der Waals surface area contributed by atoms with Crippen LogP contribution in [0.5, 0.6) is 5.75 Å². The minimum Gasteiger partial charge on any atom is -0.496 e. The van der Waals surface area contributed by atoms with Crippen molar-refractivity contribution in [1.82, 2.24) is 0 Å². The smallest absolute Gasteiger partial charge is 0.160 e. The summed E-state index contributed by atoms with van der Waals surface area (Å²) in [7, 11) is 1.68. The van der Waals surface area contributed by atoms with E-state index in [9.17, 15) is 8.78 Å².